The van der Waals surface area contributed by atoms with Crippen molar-refractivity contribution in [2.45, 2.75) is 53.4 Å². The van der Waals surface area contributed by atoms with Gasteiger partial charge < -0.3 is 0 Å². The first kappa shape index (κ1) is 11.1. The minimum Gasteiger partial charge on any atom is -0.0772 e. The Morgan fingerprint density at radius 2 is 1.65 bits per heavy atom. The summed E-state index contributed by atoms with van der Waals surface area (Å²) in [6.45, 7) is 9.44. The van der Waals surface area contributed by atoms with E-state index in [9.17, 15) is 0 Å². The molecular formula is C17H22. The van der Waals surface area contributed by atoms with E-state index in [0.29, 0.717) is 0 Å². The van der Waals surface area contributed by atoms with E-state index in [1.54, 1.807) is 22.3 Å². The molecule has 3 aliphatic carbocycles. The molecule has 0 bridgehead atoms. The summed E-state index contributed by atoms with van der Waals surface area (Å²) in [6, 6.07) is 0. The molecular weight excluding hydrogens is 204 g/mol. The minimum atomic E-state index is 0.256. The van der Waals surface area contributed by atoms with Crippen LogP contribution in [-0.2, 0) is 0 Å². The molecule has 0 nitrogen and oxygen atoms in total. The Hall–Kier alpha value is -1.04. The van der Waals surface area contributed by atoms with Gasteiger partial charge in [0, 0.05) is 5.41 Å². The van der Waals surface area contributed by atoms with Crippen molar-refractivity contribution in [2.24, 2.45) is 5.41 Å². The normalized spacial score (nSPS) is 26.6. The molecule has 0 saturated heterocycles. The van der Waals surface area contributed by atoms with Crippen LogP contribution in [0.4, 0.5) is 0 Å². The molecule has 0 aromatic heterocycles. The molecule has 0 spiro atoms. The van der Waals surface area contributed by atoms with Crippen molar-refractivity contribution in [3.63, 3.8) is 0 Å². The summed E-state index contributed by atoms with van der Waals surface area (Å²) in [5, 5.41) is 0. The molecule has 0 heteroatoms. The van der Waals surface area contributed by atoms with Gasteiger partial charge in [-0.05, 0) is 50.7 Å². The quantitative estimate of drug-likeness (QED) is 0.539. The van der Waals surface area contributed by atoms with E-state index in [1.165, 1.54) is 36.8 Å². The van der Waals surface area contributed by atoms with Gasteiger partial charge in [0.05, 0.1) is 0 Å². The maximum atomic E-state index is 2.43. The molecule has 0 N–H and O–H groups in total. The lowest BCUT2D eigenvalue weighted by Gasteiger charge is -2.31. The Morgan fingerprint density at radius 3 is 2.41 bits per heavy atom. The smallest absolute Gasteiger partial charge is 0.0116 e. The van der Waals surface area contributed by atoms with Gasteiger partial charge in [-0.15, -0.1) is 0 Å². The molecule has 17 heavy (non-hydrogen) atoms. The highest BCUT2D eigenvalue weighted by Gasteiger charge is 2.37. The molecule has 0 radical (unpaired) electrons. The second-order valence-corrected chi connectivity index (χ2v) is 6.24. The lowest BCUT2D eigenvalue weighted by molar-refractivity contribution is 0.532. The Kier molecular flexibility index (Phi) is 2.26. The average molecular weight is 226 g/mol. The van der Waals surface area contributed by atoms with Gasteiger partial charge in [0.2, 0.25) is 0 Å². The molecule has 0 fully saturated rings. The Labute approximate surface area is 105 Å². The van der Waals surface area contributed by atoms with Gasteiger partial charge in [-0.2, -0.15) is 0 Å². The number of allylic oxidation sites excluding steroid dienone is 8. The first-order chi connectivity index (χ1) is 8.01. The second kappa shape index (κ2) is 3.48. The Bertz CT molecular complexity index is 504. The van der Waals surface area contributed by atoms with Gasteiger partial charge in [-0.1, -0.05) is 48.3 Å². The van der Waals surface area contributed by atoms with E-state index in [1.807, 2.05) is 0 Å². The molecule has 0 saturated carbocycles. The van der Waals surface area contributed by atoms with Crippen molar-refractivity contribution in [3.8, 4) is 0 Å². The van der Waals surface area contributed by atoms with Crippen LogP contribution in [0, 0.1) is 5.41 Å². The maximum Gasteiger partial charge on any atom is 0.0116 e. The summed E-state index contributed by atoms with van der Waals surface area (Å²) in [5.41, 5.74) is 10.0. The third-order valence-electron chi connectivity index (χ3n) is 4.91. The summed E-state index contributed by atoms with van der Waals surface area (Å²) in [6.07, 6.45) is 9.77. The summed E-state index contributed by atoms with van der Waals surface area (Å²) in [7, 11) is 0. The van der Waals surface area contributed by atoms with Crippen molar-refractivity contribution < 1.29 is 0 Å². The van der Waals surface area contributed by atoms with Crippen LogP contribution in [0.25, 0.3) is 0 Å². The molecule has 0 aromatic rings. The van der Waals surface area contributed by atoms with Crippen molar-refractivity contribution >= 4 is 0 Å². The predicted octanol–water partition coefficient (Wildman–Crippen LogP) is 5.10. The third kappa shape index (κ3) is 1.43. The molecule has 0 atom stereocenters. The highest BCUT2D eigenvalue weighted by Crippen LogP contribution is 2.52. The molecule has 0 aromatic carbocycles. The van der Waals surface area contributed by atoms with Crippen molar-refractivity contribution in [1.29, 1.82) is 0 Å². The zero-order valence-corrected chi connectivity index (χ0v) is 11.5. The van der Waals surface area contributed by atoms with E-state index in [4.69, 9.17) is 0 Å². The predicted molar refractivity (Wildman–Crippen MR) is 73.8 cm³/mol. The molecule has 90 valence electrons. The van der Waals surface area contributed by atoms with Gasteiger partial charge in [0.25, 0.3) is 0 Å². The molecule has 0 heterocycles. The third-order valence-corrected chi connectivity index (χ3v) is 4.91. The van der Waals surface area contributed by atoms with Crippen LogP contribution in [0.1, 0.15) is 53.4 Å². The molecule has 0 unspecified atom stereocenters. The fraction of sp³-hybridized carbons (Fsp3) is 0.529. The van der Waals surface area contributed by atoms with Crippen molar-refractivity contribution in [2.75, 3.05) is 0 Å². The van der Waals surface area contributed by atoms with Crippen molar-refractivity contribution in [1.82, 2.24) is 0 Å². The second-order valence-electron chi connectivity index (χ2n) is 6.24. The molecule has 0 aliphatic heterocycles. The summed E-state index contributed by atoms with van der Waals surface area (Å²) in [4.78, 5) is 0. The summed E-state index contributed by atoms with van der Waals surface area (Å²) < 4.78 is 0. The van der Waals surface area contributed by atoms with Crippen LogP contribution in [-0.4, -0.2) is 0 Å². The van der Waals surface area contributed by atoms with Crippen LogP contribution in [0.2, 0.25) is 0 Å². The van der Waals surface area contributed by atoms with Crippen LogP contribution in [0.15, 0.2) is 45.6 Å². The Morgan fingerprint density at radius 1 is 0.941 bits per heavy atom. The minimum absolute atomic E-state index is 0.256. The number of hydrogen-bond acceptors (Lipinski definition) is 0. The summed E-state index contributed by atoms with van der Waals surface area (Å²) in [5.74, 6) is 0. The van der Waals surface area contributed by atoms with Gasteiger partial charge >= 0.3 is 0 Å². The summed E-state index contributed by atoms with van der Waals surface area (Å²) >= 11 is 0. The Balaban J connectivity index is 2.14. The zero-order valence-electron chi connectivity index (χ0n) is 11.5. The first-order valence-electron chi connectivity index (χ1n) is 6.81. The van der Waals surface area contributed by atoms with Crippen LogP contribution < -0.4 is 0 Å². The van der Waals surface area contributed by atoms with Crippen LogP contribution >= 0.6 is 0 Å². The standard InChI is InChI=1S/C17H22/c1-11-6-10-15-14(11)9-8-13-7-5-12(2)16(13)17(15,3)4/h5-6H,7-10H2,1-4H3. The van der Waals surface area contributed by atoms with Gasteiger partial charge in [0.15, 0.2) is 0 Å². The maximum absolute atomic E-state index is 2.43. The number of hydrogen-bond donors (Lipinski definition) is 0. The highest BCUT2D eigenvalue weighted by atomic mass is 14.4. The fourth-order valence-corrected chi connectivity index (χ4v) is 4.07. The van der Waals surface area contributed by atoms with Gasteiger partial charge in [-0.25, -0.2) is 0 Å². The SMILES string of the molecule is CC1=CCC2=C1CCC1=C(C(C)=CC1)C2(C)C. The van der Waals surface area contributed by atoms with E-state index >= 15 is 0 Å². The largest absolute Gasteiger partial charge is 0.0772 e. The highest BCUT2D eigenvalue weighted by molar-refractivity contribution is 5.56. The molecule has 3 aliphatic rings. The molecule has 0 amide bonds. The van der Waals surface area contributed by atoms with Crippen molar-refractivity contribution in [3.05, 3.63) is 45.6 Å². The average Bonchev–Trinajstić information content (AvgIpc) is 2.77. The van der Waals surface area contributed by atoms with Gasteiger partial charge in [-0.3, -0.25) is 0 Å². The van der Waals surface area contributed by atoms with E-state index in [2.05, 4.69) is 39.8 Å². The zero-order chi connectivity index (χ0) is 12.2. The lowest BCUT2D eigenvalue weighted by atomic mass is 9.73. The van der Waals surface area contributed by atoms with E-state index in [-0.39, 0.29) is 5.41 Å². The van der Waals surface area contributed by atoms with Crippen LogP contribution in [0.5, 0.6) is 0 Å². The first-order valence-corrected chi connectivity index (χ1v) is 6.81. The van der Waals surface area contributed by atoms with Gasteiger partial charge in [0.1, 0.15) is 0 Å². The van der Waals surface area contributed by atoms with E-state index < -0.39 is 0 Å². The topological polar surface area (TPSA) is 0 Å². The monoisotopic (exact) mass is 226 g/mol. The fourth-order valence-electron chi connectivity index (χ4n) is 4.07. The number of rotatable bonds is 0. The van der Waals surface area contributed by atoms with E-state index in [0.717, 1.165) is 0 Å². The molecule has 3 rings (SSSR count). The lowest BCUT2D eigenvalue weighted by Crippen LogP contribution is -2.18. The van der Waals surface area contributed by atoms with Crippen LogP contribution in [0.3, 0.4) is 0 Å².